The number of aliphatic imine (C=N–C) groups is 2. The van der Waals surface area contributed by atoms with Gasteiger partial charge in [-0.2, -0.15) is 0 Å². The molecule has 0 aliphatic heterocycles. The normalized spacial score (nSPS) is 10.1. The molecule has 0 fully saturated rings. The van der Waals surface area contributed by atoms with Gasteiger partial charge in [-0.15, -0.1) is 10.1 Å². The van der Waals surface area contributed by atoms with E-state index < -0.39 is 5.09 Å². The van der Waals surface area contributed by atoms with Crippen LogP contribution < -0.4 is 9.47 Å². The Kier molecular flexibility index (Phi) is 12.4. The van der Waals surface area contributed by atoms with Crippen LogP contribution in [0, 0.1) is 10.1 Å². The van der Waals surface area contributed by atoms with Gasteiger partial charge in [0, 0.05) is 43.0 Å². The number of aromatic hydroxyl groups is 2. The summed E-state index contributed by atoms with van der Waals surface area (Å²) in [6, 6.07) is 10.4. The van der Waals surface area contributed by atoms with Crippen LogP contribution in [0.1, 0.15) is 11.1 Å². The van der Waals surface area contributed by atoms with Gasteiger partial charge in [-0.25, -0.2) is 0 Å². The van der Waals surface area contributed by atoms with Crippen molar-refractivity contribution in [3.63, 3.8) is 0 Å². The Morgan fingerprint density at radius 1 is 0.931 bits per heavy atom. The van der Waals surface area contributed by atoms with Gasteiger partial charge in [-0.1, -0.05) is 12.1 Å². The molecule has 0 saturated carbocycles. The smallest absolute Gasteiger partial charge is 0.291 e. The summed E-state index contributed by atoms with van der Waals surface area (Å²) in [7, 11) is 3.00. The zero-order valence-corrected chi connectivity index (χ0v) is 19.0. The first-order valence-corrected chi connectivity index (χ1v) is 7.95. The molecule has 10 nitrogen and oxygen atoms in total. The molecular weight excluding hydrogens is 436 g/mol. The number of phenolic OH excluding ortho intramolecular Hbond substituents is 2. The summed E-state index contributed by atoms with van der Waals surface area (Å²) in [5.41, 5.74) is 1.17. The fourth-order valence-corrected chi connectivity index (χ4v) is 2.06. The summed E-state index contributed by atoms with van der Waals surface area (Å²) >= 11 is 0. The van der Waals surface area contributed by atoms with Crippen molar-refractivity contribution >= 4 is 12.4 Å². The van der Waals surface area contributed by atoms with Gasteiger partial charge >= 0.3 is 0 Å². The zero-order valence-electron chi connectivity index (χ0n) is 16.1. The summed E-state index contributed by atoms with van der Waals surface area (Å²) in [4.78, 5) is 16.8. The molecule has 0 bridgehead atoms. The second-order valence-electron chi connectivity index (χ2n) is 5.10. The Labute approximate surface area is 180 Å². The molecule has 152 valence electrons. The average Bonchev–Trinajstić information content (AvgIpc) is 2.66. The van der Waals surface area contributed by atoms with Crippen LogP contribution in [0.3, 0.4) is 0 Å². The number of hydrogen-bond donors (Lipinski definition) is 3. The van der Waals surface area contributed by atoms with Crippen molar-refractivity contribution in [2.24, 2.45) is 9.98 Å². The number of para-hydroxylation sites is 2. The van der Waals surface area contributed by atoms with Crippen LogP contribution in [0.2, 0.25) is 0 Å². The third-order valence-electron chi connectivity index (χ3n) is 3.32. The monoisotopic (exact) mass is 455 g/mol. The van der Waals surface area contributed by atoms with Crippen LogP contribution in [0.15, 0.2) is 46.4 Å². The van der Waals surface area contributed by atoms with Crippen LogP contribution in [0.25, 0.3) is 0 Å². The number of hydrogen-bond acceptors (Lipinski definition) is 8. The van der Waals surface area contributed by atoms with E-state index in [4.69, 9.17) is 24.8 Å². The second-order valence-corrected chi connectivity index (χ2v) is 5.10. The van der Waals surface area contributed by atoms with Crippen LogP contribution in [0.5, 0.6) is 23.0 Å². The van der Waals surface area contributed by atoms with E-state index >= 15 is 0 Å². The quantitative estimate of drug-likeness (QED) is 0.190. The predicted molar refractivity (Wildman–Crippen MR) is 103 cm³/mol. The first-order chi connectivity index (χ1) is 13.4. The van der Waals surface area contributed by atoms with E-state index in [1.165, 1.54) is 14.2 Å². The van der Waals surface area contributed by atoms with E-state index in [0.29, 0.717) is 35.7 Å². The number of benzene rings is 2. The van der Waals surface area contributed by atoms with Gasteiger partial charge in [0.2, 0.25) is 0 Å². The van der Waals surface area contributed by atoms with Gasteiger partial charge in [0.15, 0.2) is 23.0 Å². The van der Waals surface area contributed by atoms with E-state index in [0.717, 1.165) is 0 Å². The molecule has 29 heavy (non-hydrogen) atoms. The molecule has 0 spiro atoms. The minimum absolute atomic E-state index is 0. The van der Waals surface area contributed by atoms with Crippen molar-refractivity contribution in [3.8, 4) is 23.0 Å². The van der Waals surface area contributed by atoms with Gasteiger partial charge < -0.3 is 24.9 Å². The van der Waals surface area contributed by atoms with Crippen molar-refractivity contribution in [2.75, 3.05) is 27.3 Å². The van der Waals surface area contributed by atoms with Crippen molar-refractivity contribution in [3.05, 3.63) is 57.6 Å². The Morgan fingerprint density at radius 2 is 1.28 bits per heavy atom. The molecule has 2 aromatic carbocycles. The van der Waals surface area contributed by atoms with E-state index in [9.17, 15) is 10.2 Å². The molecule has 0 aliphatic rings. The molecule has 0 aliphatic carbocycles. The van der Waals surface area contributed by atoms with Crippen molar-refractivity contribution in [1.82, 2.24) is 0 Å². The first kappa shape index (κ1) is 25.8. The molecule has 0 radical (unpaired) electrons. The molecule has 0 unspecified atom stereocenters. The van der Waals surface area contributed by atoms with Gasteiger partial charge in [-0.05, 0) is 24.3 Å². The standard InChI is InChI=1S/C18H20N2O4.HNO3.Zn/c1-23-15-7-3-5-13(17(15)21)11-19-9-10-20-12-14-6-4-8-16(24-2)18(14)22;2-1(3)4;/h3-8,11-12,21-22H,9-10H2,1-2H3;(H,2,3,4);. The second kappa shape index (κ2) is 13.9. The van der Waals surface area contributed by atoms with Crippen LogP contribution >= 0.6 is 0 Å². The molecule has 2 aromatic rings. The Morgan fingerprint density at radius 3 is 1.59 bits per heavy atom. The third kappa shape index (κ3) is 9.03. The fourth-order valence-electron chi connectivity index (χ4n) is 2.06. The number of methoxy groups -OCH3 is 2. The Hall–Kier alpha value is -3.20. The van der Waals surface area contributed by atoms with Crippen LogP contribution in [0.4, 0.5) is 0 Å². The van der Waals surface area contributed by atoms with E-state index in [1.54, 1.807) is 48.8 Å². The fraction of sp³-hybridized carbons (Fsp3) is 0.222. The molecule has 3 N–H and O–H groups in total. The summed E-state index contributed by atoms with van der Waals surface area (Å²) in [5, 5.41) is 33.5. The molecule has 0 aromatic heterocycles. The van der Waals surface area contributed by atoms with Gasteiger partial charge in [0.25, 0.3) is 5.09 Å². The predicted octanol–water partition coefficient (Wildman–Crippen LogP) is 2.30. The number of rotatable bonds is 7. The van der Waals surface area contributed by atoms with Gasteiger partial charge in [0.1, 0.15) is 0 Å². The van der Waals surface area contributed by atoms with E-state index in [-0.39, 0.29) is 31.0 Å². The molecule has 2 rings (SSSR count). The largest absolute Gasteiger partial charge is 0.504 e. The van der Waals surface area contributed by atoms with E-state index in [1.807, 2.05) is 0 Å². The minimum Gasteiger partial charge on any atom is -0.504 e. The zero-order chi connectivity index (χ0) is 20.9. The molecule has 0 atom stereocenters. The van der Waals surface area contributed by atoms with Crippen molar-refractivity contribution in [1.29, 1.82) is 0 Å². The van der Waals surface area contributed by atoms with Gasteiger partial charge in [0.05, 0.1) is 27.3 Å². The maximum Gasteiger partial charge on any atom is 0.291 e. The van der Waals surface area contributed by atoms with E-state index in [2.05, 4.69) is 9.98 Å². The summed E-state index contributed by atoms with van der Waals surface area (Å²) in [6.07, 6.45) is 3.16. The average molecular weight is 457 g/mol. The van der Waals surface area contributed by atoms with Crippen molar-refractivity contribution < 1.29 is 49.5 Å². The van der Waals surface area contributed by atoms with Gasteiger partial charge in [-0.3, -0.25) is 9.98 Å². The Bertz CT molecular complexity index is 777. The summed E-state index contributed by atoms with van der Waals surface area (Å²) < 4.78 is 10.1. The maximum atomic E-state index is 9.93. The molecular formula is C18H21N3O7Zn. The third-order valence-corrected chi connectivity index (χ3v) is 3.32. The van der Waals surface area contributed by atoms with Crippen LogP contribution in [-0.2, 0) is 19.5 Å². The number of nitrogens with zero attached hydrogens (tertiary/aromatic N) is 3. The molecule has 0 saturated heterocycles. The van der Waals surface area contributed by atoms with Crippen LogP contribution in [-0.4, -0.2) is 60.2 Å². The summed E-state index contributed by atoms with van der Waals surface area (Å²) in [6.45, 7) is 0.912. The SMILES string of the molecule is COc1cccc(C=NCCN=Cc2cccc(OC)c2O)c1O.O=[N+]([O-])O.[Zn]. The minimum atomic E-state index is -1.50. The summed E-state index contributed by atoms with van der Waals surface area (Å²) in [5.74, 6) is 0.943. The van der Waals surface area contributed by atoms with Crippen molar-refractivity contribution in [2.45, 2.75) is 0 Å². The maximum absolute atomic E-state index is 9.93. The first-order valence-electron chi connectivity index (χ1n) is 7.95. The Balaban J connectivity index is 0.00000143. The topological polar surface area (TPSA) is 147 Å². The number of ether oxygens (including phenoxy) is 2. The number of phenols is 2. The molecule has 0 amide bonds. The molecule has 0 heterocycles. The molecule has 11 heteroatoms.